The van der Waals surface area contributed by atoms with Crippen LogP contribution >= 0.6 is 0 Å². The Balaban J connectivity index is 2.19. The van der Waals surface area contributed by atoms with Gasteiger partial charge in [0.1, 0.15) is 6.10 Å². The second-order valence-electron chi connectivity index (χ2n) is 9.27. The van der Waals surface area contributed by atoms with Crippen molar-refractivity contribution in [3.8, 4) is 0 Å². The maximum atomic E-state index is 13.2. The van der Waals surface area contributed by atoms with Crippen LogP contribution in [-0.2, 0) is 17.9 Å². The van der Waals surface area contributed by atoms with Crippen LogP contribution in [0.2, 0.25) is 0 Å². The predicted molar refractivity (Wildman–Crippen MR) is 128 cm³/mol. The van der Waals surface area contributed by atoms with Crippen molar-refractivity contribution in [3.63, 3.8) is 0 Å². The van der Waals surface area contributed by atoms with Gasteiger partial charge in [0, 0.05) is 32.8 Å². The van der Waals surface area contributed by atoms with Crippen LogP contribution in [0.3, 0.4) is 0 Å². The number of carbonyl (C=O) groups excluding carboxylic acids is 1. The average molecular weight is 450 g/mol. The third kappa shape index (κ3) is 7.06. The fourth-order valence-electron chi connectivity index (χ4n) is 4.57. The van der Waals surface area contributed by atoms with Gasteiger partial charge in [0.05, 0.1) is 11.6 Å². The first-order valence-electron chi connectivity index (χ1n) is 12.7. The molecule has 0 spiro atoms. The van der Waals surface area contributed by atoms with Crippen molar-refractivity contribution in [1.82, 2.24) is 14.0 Å². The van der Waals surface area contributed by atoms with Gasteiger partial charge >= 0.3 is 5.69 Å². The Hall–Kier alpha value is -1.89. The lowest BCUT2D eigenvalue weighted by Crippen LogP contribution is -2.43. The topological polar surface area (TPSA) is 84.5 Å². The first-order valence-corrected chi connectivity index (χ1v) is 12.7. The summed E-state index contributed by atoms with van der Waals surface area (Å²) < 4.78 is 3.01. The van der Waals surface area contributed by atoms with Crippen molar-refractivity contribution in [3.05, 3.63) is 32.6 Å². The quantitative estimate of drug-likeness (QED) is 0.410. The normalized spacial score (nSPS) is 18.6. The number of likely N-dealkylation sites (tertiary alicyclic amines) is 1. The molecule has 1 amide bonds. The first kappa shape index (κ1) is 26.4. The Kier molecular flexibility index (Phi) is 11.2. The molecule has 0 radical (unpaired) electrons. The average Bonchev–Trinajstić information content (AvgIpc) is 3.03. The molecule has 0 saturated carbocycles. The number of aliphatic hydroxyl groups excluding tert-OH is 1. The summed E-state index contributed by atoms with van der Waals surface area (Å²) in [6.45, 7) is 5.34. The van der Waals surface area contributed by atoms with E-state index in [2.05, 4.69) is 13.8 Å². The molecule has 1 aliphatic rings. The molecule has 2 heterocycles. The molecule has 2 rings (SSSR count). The number of nitrogens with zero attached hydrogens (tertiary/aromatic N) is 3. The minimum absolute atomic E-state index is 0.191. The van der Waals surface area contributed by atoms with E-state index in [4.69, 9.17) is 0 Å². The van der Waals surface area contributed by atoms with Gasteiger partial charge in [-0.1, -0.05) is 78.1 Å². The molecule has 32 heavy (non-hydrogen) atoms. The van der Waals surface area contributed by atoms with Gasteiger partial charge in [-0.3, -0.25) is 14.2 Å². The molecule has 0 aliphatic carbocycles. The molecule has 1 aliphatic heterocycles. The molecule has 1 aromatic heterocycles. The molecule has 1 aromatic rings. The number of carbonyl (C=O) groups is 1. The maximum Gasteiger partial charge on any atom is 0.330 e. The summed E-state index contributed by atoms with van der Waals surface area (Å²) in [5.74, 6) is -0.370. The number of unbranched alkanes of at least 4 members (excludes halogenated alkanes) is 10. The SMILES string of the molecule is CCCCCCCCn1cc([C@@H]2C[C@@H](O)C(=O)N2C)c(=O)n(CCCCCCCC)c1=O. The molecule has 1 fully saturated rings. The highest BCUT2D eigenvalue weighted by molar-refractivity contribution is 5.83. The third-order valence-corrected chi connectivity index (χ3v) is 6.66. The van der Waals surface area contributed by atoms with Crippen LogP contribution < -0.4 is 11.2 Å². The lowest BCUT2D eigenvalue weighted by atomic mass is 10.1. The molecule has 0 bridgehead atoms. The number of likely N-dealkylation sites (N-methyl/N-ethyl adjacent to an activating group) is 1. The van der Waals surface area contributed by atoms with E-state index in [1.54, 1.807) is 17.8 Å². The summed E-state index contributed by atoms with van der Waals surface area (Å²) in [6, 6.07) is -0.489. The number of hydrogen-bond acceptors (Lipinski definition) is 4. The van der Waals surface area contributed by atoms with Crippen molar-refractivity contribution in [2.75, 3.05) is 7.05 Å². The summed E-state index contributed by atoms with van der Waals surface area (Å²) in [6.07, 6.45) is 14.0. The van der Waals surface area contributed by atoms with Gasteiger partial charge in [0.15, 0.2) is 0 Å². The summed E-state index contributed by atoms with van der Waals surface area (Å²) >= 11 is 0. The first-order chi connectivity index (χ1) is 15.4. The van der Waals surface area contributed by atoms with Crippen LogP contribution in [0.5, 0.6) is 0 Å². The maximum absolute atomic E-state index is 13.2. The second-order valence-corrected chi connectivity index (χ2v) is 9.27. The van der Waals surface area contributed by atoms with Crippen LogP contribution in [-0.4, -0.2) is 38.2 Å². The molecule has 2 atom stereocenters. The largest absolute Gasteiger partial charge is 0.383 e. The summed E-state index contributed by atoms with van der Waals surface area (Å²) in [7, 11) is 1.61. The van der Waals surface area contributed by atoms with Crippen molar-refractivity contribution >= 4 is 5.91 Å². The van der Waals surface area contributed by atoms with E-state index in [-0.39, 0.29) is 23.6 Å². The molecular weight excluding hydrogens is 406 g/mol. The predicted octanol–water partition coefficient (Wildman–Crippen LogP) is 4.00. The molecule has 7 nitrogen and oxygen atoms in total. The summed E-state index contributed by atoms with van der Waals surface area (Å²) in [5.41, 5.74) is -0.135. The van der Waals surface area contributed by atoms with Gasteiger partial charge in [-0.15, -0.1) is 0 Å². The number of aliphatic hydroxyl groups is 1. The zero-order chi connectivity index (χ0) is 23.5. The second kappa shape index (κ2) is 13.6. The molecule has 182 valence electrons. The molecule has 0 unspecified atom stereocenters. The zero-order valence-electron chi connectivity index (χ0n) is 20.4. The van der Waals surface area contributed by atoms with E-state index in [0.717, 1.165) is 38.5 Å². The Bertz CT molecular complexity index is 829. The van der Waals surface area contributed by atoms with Gasteiger partial charge in [-0.05, 0) is 12.8 Å². The molecule has 1 saturated heterocycles. The fourth-order valence-corrected chi connectivity index (χ4v) is 4.57. The van der Waals surface area contributed by atoms with Crippen LogP contribution in [0.1, 0.15) is 109 Å². The van der Waals surface area contributed by atoms with E-state index in [1.807, 2.05) is 0 Å². The van der Waals surface area contributed by atoms with E-state index in [0.29, 0.717) is 18.7 Å². The van der Waals surface area contributed by atoms with E-state index < -0.39 is 12.1 Å². The van der Waals surface area contributed by atoms with Gasteiger partial charge < -0.3 is 14.6 Å². The third-order valence-electron chi connectivity index (χ3n) is 6.66. The lowest BCUT2D eigenvalue weighted by Gasteiger charge is -2.21. The fraction of sp³-hybridized carbons (Fsp3) is 0.800. The van der Waals surface area contributed by atoms with Crippen molar-refractivity contribution in [2.24, 2.45) is 0 Å². The van der Waals surface area contributed by atoms with E-state index in [1.165, 1.54) is 48.0 Å². The lowest BCUT2D eigenvalue weighted by molar-refractivity contribution is -0.134. The number of amides is 1. The van der Waals surface area contributed by atoms with Crippen LogP contribution in [0, 0.1) is 0 Å². The highest BCUT2D eigenvalue weighted by Crippen LogP contribution is 2.29. The van der Waals surface area contributed by atoms with Gasteiger partial charge in [-0.25, -0.2) is 4.79 Å². The number of aryl methyl sites for hydroxylation is 1. The van der Waals surface area contributed by atoms with Crippen LogP contribution in [0.25, 0.3) is 0 Å². The van der Waals surface area contributed by atoms with Crippen LogP contribution in [0.15, 0.2) is 15.8 Å². The summed E-state index contributed by atoms with van der Waals surface area (Å²) in [4.78, 5) is 39.9. The molecule has 1 N–H and O–H groups in total. The zero-order valence-corrected chi connectivity index (χ0v) is 20.4. The summed E-state index contributed by atoms with van der Waals surface area (Å²) in [5, 5.41) is 10.0. The minimum atomic E-state index is -1.09. The number of hydrogen-bond donors (Lipinski definition) is 1. The van der Waals surface area contributed by atoms with E-state index in [9.17, 15) is 19.5 Å². The highest BCUT2D eigenvalue weighted by atomic mass is 16.3. The smallest absolute Gasteiger partial charge is 0.330 e. The van der Waals surface area contributed by atoms with Crippen molar-refractivity contribution in [1.29, 1.82) is 0 Å². The standard InChI is InChI=1S/C25H43N3O4/c1-4-6-8-10-12-14-16-27-19-20(21-18-22(29)24(31)26(21)3)23(30)28(25(27)32)17-15-13-11-9-7-5-2/h19,21-22,29H,4-18H2,1-3H3/t21-,22+/m0/s1. The van der Waals surface area contributed by atoms with Crippen molar-refractivity contribution < 1.29 is 9.90 Å². The Morgan fingerprint density at radius 2 is 1.38 bits per heavy atom. The Labute approximate surface area is 192 Å². The number of rotatable bonds is 15. The molecule has 7 heteroatoms. The van der Waals surface area contributed by atoms with Gasteiger partial charge in [-0.2, -0.15) is 0 Å². The van der Waals surface area contributed by atoms with Gasteiger partial charge in [0.25, 0.3) is 11.5 Å². The Morgan fingerprint density at radius 3 is 1.91 bits per heavy atom. The Morgan fingerprint density at radius 1 is 0.844 bits per heavy atom. The molecular formula is C25H43N3O4. The number of aromatic nitrogens is 2. The molecule has 0 aromatic carbocycles. The van der Waals surface area contributed by atoms with Crippen molar-refractivity contribution in [2.45, 2.75) is 123 Å². The highest BCUT2D eigenvalue weighted by Gasteiger charge is 2.38. The van der Waals surface area contributed by atoms with Crippen LogP contribution in [0.4, 0.5) is 0 Å². The minimum Gasteiger partial charge on any atom is -0.383 e. The monoisotopic (exact) mass is 449 g/mol. The van der Waals surface area contributed by atoms with E-state index >= 15 is 0 Å². The van der Waals surface area contributed by atoms with Gasteiger partial charge in [0.2, 0.25) is 0 Å².